The number of nitrogens with one attached hydrogen (secondary N) is 1. The molecule has 1 nitrogen and oxygen atoms in total. The Morgan fingerprint density at radius 1 is 1.05 bits per heavy atom. The topological polar surface area (TPSA) is 12.0 Å². The quantitative estimate of drug-likeness (QED) is 0.772. The molecule has 1 heteroatoms. The first-order valence-corrected chi connectivity index (χ1v) is 8.39. The largest absolute Gasteiger partial charge is 0.310 e. The van der Waals surface area contributed by atoms with E-state index in [1.54, 1.807) is 0 Å². The molecule has 2 fully saturated rings. The molecular formula is C19H29N. The highest BCUT2D eigenvalue weighted by Gasteiger charge is 2.35. The first kappa shape index (κ1) is 14.1. The van der Waals surface area contributed by atoms with Gasteiger partial charge in [0, 0.05) is 6.04 Å². The van der Waals surface area contributed by atoms with E-state index >= 15 is 0 Å². The Hall–Kier alpha value is -0.820. The highest BCUT2D eigenvalue weighted by molar-refractivity contribution is 5.31. The molecule has 1 aromatic carbocycles. The van der Waals surface area contributed by atoms with Gasteiger partial charge in [-0.15, -0.1) is 0 Å². The first-order valence-electron chi connectivity index (χ1n) is 8.39. The third kappa shape index (κ3) is 2.79. The maximum Gasteiger partial charge on any atom is 0.0351 e. The van der Waals surface area contributed by atoms with Crippen molar-refractivity contribution in [1.29, 1.82) is 0 Å². The van der Waals surface area contributed by atoms with Crippen molar-refractivity contribution in [2.24, 2.45) is 11.8 Å². The van der Waals surface area contributed by atoms with E-state index < -0.39 is 0 Å². The SMILES string of the molecule is CC(C)(C)c1cccc(C2NCCC3CCCCC32)c1. The highest BCUT2D eigenvalue weighted by atomic mass is 14.9. The van der Waals surface area contributed by atoms with Gasteiger partial charge in [0.2, 0.25) is 0 Å². The molecule has 0 amide bonds. The van der Waals surface area contributed by atoms with Gasteiger partial charge < -0.3 is 5.32 Å². The summed E-state index contributed by atoms with van der Waals surface area (Å²) in [4.78, 5) is 0. The summed E-state index contributed by atoms with van der Waals surface area (Å²) in [6.45, 7) is 8.13. The Balaban J connectivity index is 1.87. The summed E-state index contributed by atoms with van der Waals surface area (Å²) in [5.41, 5.74) is 3.24. The van der Waals surface area contributed by atoms with Gasteiger partial charge >= 0.3 is 0 Å². The Morgan fingerprint density at radius 2 is 1.85 bits per heavy atom. The average Bonchev–Trinajstić information content (AvgIpc) is 2.46. The van der Waals surface area contributed by atoms with E-state index in [9.17, 15) is 0 Å². The normalized spacial score (nSPS) is 30.9. The second-order valence-electron chi connectivity index (χ2n) is 7.80. The fraction of sp³-hybridized carbons (Fsp3) is 0.684. The van der Waals surface area contributed by atoms with Crippen molar-refractivity contribution in [2.45, 2.75) is 64.3 Å². The van der Waals surface area contributed by atoms with Crippen LogP contribution in [0.2, 0.25) is 0 Å². The first-order chi connectivity index (χ1) is 9.55. The minimum absolute atomic E-state index is 0.247. The Bertz CT molecular complexity index is 455. The zero-order chi connectivity index (χ0) is 14.2. The highest BCUT2D eigenvalue weighted by Crippen LogP contribution is 2.43. The number of hydrogen-bond donors (Lipinski definition) is 1. The lowest BCUT2D eigenvalue weighted by Crippen LogP contribution is -2.41. The Kier molecular flexibility index (Phi) is 3.90. The van der Waals surface area contributed by atoms with Crippen molar-refractivity contribution in [1.82, 2.24) is 5.32 Å². The van der Waals surface area contributed by atoms with Crippen LogP contribution in [-0.2, 0) is 5.41 Å². The minimum atomic E-state index is 0.247. The molecule has 3 atom stereocenters. The number of rotatable bonds is 1. The number of piperidine rings is 1. The molecule has 1 heterocycles. The Labute approximate surface area is 124 Å². The molecule has 20 heavy (non-hydrogen) atoms. The molecule has 2 aliphatic rings. The standard InChI is InChI=1S/C19H29N/c1-19(2,3)16-9-6-8-15(13-16)18-17-10-5-4-7-14(17)11-12-20-18/h6,8-9,13-14,17-18,20H,4-5,7,10-12H2,1-3H3. The summed E-state index contributed by atoms with van der Waals surface area (Å²) in [5, 5.41) is 3.81. The van der Waals surface area contributed by atoms with Crippen molar-refractivity contribution < 1.29 is 0 Å². The van der Waals surface area contributed by atoms with Crippen LogP contribution >= 0.6 is 0 Å². The van der Waals surface area contributed by atoms with E-state index in [0.29, 0.717) is 6.04 Å². The maximum atomic E-state index is 3.81. The summed E-state index contributed by atoms with van der Waals surface area (Å²) >= 11 is 0. The fourth-order valence-electron chi connectivity index (χ4n) is 4.17. The maximum absolute atomic E-state index is 3.81. The molecule has 0 radical (unpaired) electrons. The van der Waals surface area contributed by atoms with Crippen molar-refractivity contribution in [3.63, 3.8) is 0 Å². The van der Waals surface area contributed by atoms with Gasteiger partial charge in [-0.05, 0) is 47.8 Å². The average molecular weight is 271 g/mol. The van der Waals surface area contributed by atoms with E-state index in [1.165, 1.54) is 49.8 Å². The van der Waals surface area contributed by atoms with Gasteiger partial charge in [-0.3, -0.25) is 0 Å². The molecule has 110 valence electrons. The van der Waals surface area contributed by atoms with Crippen LogP contribution < -0.4 is 5.32 Å². The number of fused-ring (bicyclic) bond motifs is 1. The second kappa shape index (κ2) is 5.52. The molecular weight excluding hydrogens is 242 g/mol. The monoisotopic (exact) mass is 271 g/mol. The second-order valence-corrected chi connectivity index (χ2v) is 7.80. The van der Waals surface area contributed by atoms with E-state index in [-0.39, 0.29) is 5.41 Å². The van der Waals surface area contributed by atoms with Crippen molar-refractivity contribution >= 4 is 0 Å². The summed E-state index contributed by atoms with van der Waals surface area (Å²) < 4.78 is 0. The molecule has 1 saturated carbocycles. The van der Waals surface area contributed by atoms with Crippen LogP contribution in [0, 0.1) is 11.8 Å². The summed E-state index contributed by atoms with van der Waals surface area (Å²) in [5.74, 6) is 1.83. The van der Waals surface area contributed by atoms with E-state index in [2.05, 4.69) is 50.4 Å². The summed E-state index contributed by atoms with van der Waals surface area (Å²) in [6, 6.07) is 9.92. The van der Waals surface area contributed by atoms with Crippen molar-refractivity contribution in [3.05, 3.63) is 35.4 Å². The molecule has 0 aromatic heterocycles. The summed E-state index contributed by atoms with van der Waals surface area (Å²) in [6.07, 6.45) is 7.15. The molecule has 1 aromatic rings. The van der Waals surface area contributed by atoms with Crippen LogP contribution in [0.15, 0.2) is 24.3 Å². The summed E-state index contributed by atoms with van der Waals surface area (Å²) in [7, 11) is 0. The predicted molar refractivity (Wildman–Crippen MR) is 86.0 cm³/mol. The smallest absolute Gasteiger partial charge is 0.0351 e. The van der Waals surface area contributed by atoms with Crippen LogP contribution in [0.4, 0.5) is 0 Å². The van der Waals surface area contributed by atoms with Gasteiger partial charge in [0.05, 0.1) is 0 Å². The van der Waals surface area contributed by atoms with Crippen LogP contribution in [0.25, 0.3) is 0 Å². The molecule has 3 unspecified atom stereocenters. The van der Waals surface area contributed by atoms with Gasteiger partial charge in [-0.1, -0.05) is 64.3 Å². The lowest BCUT2D eigenvalue weighted by atomic mass is 9.69. The molecule has 0 bridgehead atoms. The number of benzene rings is 1. The van der Waals surface area contributed by atoms with Crippen LogP contribution in [0.3, 0.4) is 0 Å². The molecule has 0 spiro atoms. The lowest BCUT2D eigenvalue weighted by Gasteiger charge is -2.42. The number of hydrogen-bond acceptors (Lipinski definition) is 1. The van der Waals surface area contributed by atoms with Gasteiger partial charge in [-0.25, -0.2) is 0 Å². The van der Waals surface area contributed by atoms with Gasteiger partial charge in [0.1, 0.15) is 0 Å². The van der Waals surface area contributed by atoms with Gasteiger partial charge in [0.25, 0.3) is 0 Å². The fourth-order valence-corrected chi connectivity index (χ4v) is 4.17. The molecule has 1 saturated heterocycles. The van der Waals surface area contributed by atoms with Crippen LogP contribution in [0.1, 0.15) is 70.0 Å². The molecule has 1 aliphatic carbocycles. The molecule has 1 aliphatic heterocycles. The predicted octanol–water partition coefficient (Wildman–Crippen LogP) is 4.82. The Morgan fingerprint density at radius 3 is 2.65 bits per heavy atom. The lowest BCUT2D eigenvalue weighted by molar-refractivity contribution is 0.134. The molecule has 3 rings (SSSR count). The van der Waals surface area contributed by atoms with Crippen LogP contribution in [-0.4, -0.2) is 6.54 Å². The van der Waals surface area contributed by atoms with Crippen LogP contribution in [0.5, 0.6) is 0 Å². The van der Waals surface area contributed by atoms with Crippen molar-refractivity contribution in [2.75, 3.05) is 6.54 Å². The zero-order valence-corrected chi connectivity index (χ0v) is 13.3. The van der Waals surface area contributed by atoms with Gasteiger partial charge in [-0.2, -0.15) is 0 Å². The van der Waals surface area contributed by atoms with E-state index in [1.807, 2.05) is 0 Å². The van der Waals surface area contributed by atoms with Gasteiger partial charge in [0.15, 0.2) is 0 Å². The van der Waals surface area contributed by atoms with Crippen molar-refractivity contribution in [3.8, 4) is 0 Å². The zero-order valence-electron chi connectivity index (χ0n) is 13.3. The van der Waals surface area contributed by atoms with E-state index in [4.69, 9.17) is 0 Å². The minimum Gasteiger partial charge on any atom is -0.310 e. The molecule has 1 N–H and O–H groups in total. The third-order valence-electron chi connectivity index (χ3n) is 5.39. The van der Waals surface area contributed by atoms with E-state index in [0.717, 1.165) is 11.8 Å². The third-order valence-corrected chi connectivity index (χ3v) is 5.39.